The first kappa shape index (κ1) is 20.5. The van der Waals surface area contributed by atoms with Crippen molar-refractivity contribution in [1.29, 1.82) is 0 Å². The van der Waals surface area contributed by atoms with Gasteiger partial charge in [-0.2, -0.15) is 0 Å². The normalized spacial score (nSPS) is 12.3. The van der Waals surface area contributed by atoms with Crippen molar-refractivity contribution in [2.75, 3.05) is 24.7 Å². The molecule has 0 aliphatic heterocycles. The molecule has 0 aliphatic carbocycles. The van der Waals surface area contributed by atoms with Crippen LogP contribution in [0.3, 0.4) is 0 Å². The molecule has 0 amide bonds. The molecule has 1 aromatic rings. The number of carbonyl (C=O) groups excluding carboxylic acids is 1. The van der Waals surface area contributed by atoms with Crippen LogP contribution in [0.5, 0.6) is 0 Å². The second-order valence-corrected chi connectivity index (χ2v) is 7.41. The average molecular weight is 454 g/mol. The highest BCUT2D eigenvalue weighted by molar-refractivity contribution is 14.1. The molecule has 0 bridgehead atoms. The first-order valence-corrected chi connectivity index (χ1v) is 9.35. The van der Waals surface area contributed by atoms with Gasteiger partial charge in [0.15, 0.2) is 0 Å². The number of aliphatic hydroxyl groups excluding tert-OH is 1. The van der Waals surface area contributed by atoms with E-state index in [0.29, 0.717) is 24.6 Å². The van der Waals surface area contributed by atoms with Crippen molar-refractivity contribution in [3.8, 4) is 0 Å². The third-order valence-electron chi connectivity index (χ3n) is 3.31. The van der Waals surface area contributed by atoms with Crippen LogP contribution in [0.1, 0.15) is 33.6 Å². The van der Waals surface area contributed by atoms with E-state index < -0.39 is 6.04 Å². The van der Waals surface area contributed by atoms with Gasteiger partial charge >= 0.3 is 5.97 Å². The zero-order valence-electron chi connectivity index (χ0n) is 13.9. The lowest BCUT2D eigenvalue weighted by Crippen LogP contribution is -2.44. The number of carbonyl (C=O) groups is 1. The maximum Gasteiger partial charge on any atom is 0.328 e. The summed E-state index contributed by atoms with van der Waals surface area (Å²) in [6.07, 6.45) is 1.21. The lowest BCUT2D eigenvalue weighted by atomic mass is 10.1. The van der Waals surface area contributed by atoms with Crippen LogP contribution < -0.4 is 4.90 Å². The van der Waals surface area contributed by atoms with Crippen molar-refractivity contribution in [3.63, 3.8) is 0 Å². The average Bonchev–Trinajstić information content (AvgIpc) is 2.51. The molecule has 0 heterocycles. The quantitative estimate of drug-likeness (QED) is 0.451. The summed E-state index contributed by atoms with van der Waals surface area (Å²) in [5, 5.41) is 10.0. The van der Waals surface area contributed by atoms with E-state index in [9.17, 15) is 9.90 Å². The zero-order chi connectivity index (χ0) is 17.4. The van der Waals surface area contributed by atoms with E-state index >= 15 is 0 Å². The number of halogens is 2. The lowest BCUT2D eigenvalue weighted by molar-refractivity contribution is -0.146. The molecule has 1 atom stereocenters. The number of anilines is 1. The monoisotopic (exact) mass is 453 g/mol. The minimum Gasteiger partial charge on any atom is -0.464 e. The highest BCUT2D eigenvalue weighted by Gasteiger charge is 2.27. The molecule has 1 rings (SSSR count). The SMILES string of the molecule is CCCN(c1ccc(I)c(Cl)c1)C(CCO)C(=O)OCC(C)C. The molecule has 0 radical (unpaired) electrons. The molecule has 0 spiro atoms. The molecular formula is C17H25ClINO3. The van der Waals surface area contributed by atoms with Gasteiger partial charge in [-0.15, -0.1) is 0 Å². The van der Waals surface area contributed by atoms with Gasteiger partial charge < -0.3 is 14.7 Å². The maximum atomic E-state index is 12.5. The second-order valence-electron chi connectivity index (χ2n) is 5.84. The Hall–Kier alpha value is -0.530. The van der Waals surface area contributed by atoms with E-state index in [2.05, 4.69) is 29.5 Å². The van der Waals surface area contributed by atoms with Crippen LogP contribution in [0.2, 0.25) is 5.02 Å². The Labute approximate surface area is 157 Å². The van der Waals surface area contributed by atoms with Crippen molar-refractivity contribution >= 4 is 45.8 Å². The predicted octanol–water partition coefficient (Wildman–Crippen LogP) is 4.11. The lowest BCUT2D eigenvalue weighted by Gasteiger charge is -2.32. The Morgan fingerprint density at radius 1 is 1.43 bits per heavy atom. The van der Waals surface area contributed by atoms with Crippen LogP contribution in [0, 0.1) is 9.49 Å². The molecule has 130 valence electrons. The largest absolute Gasteiger partial charge is 0.464 e. The van der Waals surface area contributed by atoms with Crippen molar-refractivity contribution in [2.45, 2.75) is 39.7 Å². The van der Waals surface area contributed by atoms with Crippen molar-refractivity contribution in [2.24, 2.45) is 5.92 Å². The number of benzene rings is 1. The third kappa shape index (κ3) is 6.47. The number of aliphatic hydroxyl groups is 1. The Morgan fingerprint density at radius 3 is 2.65 bits per heavy atom. The van der Waals surface area contributed by atoms with Gasteiger partial charge in [0.2, 0.25) is 0 Å². The van der Waals surface area contributed by atoms with Gasteiger partial charge in [-0.1, -0.05) is 32.4 Å². The van der Waals surface area contributed by atoms with Gasteiger partial charge in [0.1, 0.15) is 6.04 Å². The van der Waals surface area contributed by atoms with Crippen molar-refractivity contribution < 1.29 is 14.6 Å². The molecule has 1 N–H and O–H groups in total. The summed E-state index contributed by atoms with van der Waals surface area (Å²) in [5.74, 6) is -0.0167. The fraction of sp³-hybridized carbons (Fsp3) is 0.588. The fourth-order valence-corrected chi connectivity index (χ4v) is 2.75. The molecule has 0 aliphatic rings. The third-order valence-corrected chi connectivity index (χ3v) is 4.88. The Kier molecular flexibility index (Phi) is 9.24. The van der Waals surface area contributed by atoms with Gasteiger partial charge in [0.25, 0.3) is 0 Å². The van der Waals surface area contributed by atoms with E-state index in [1.54, 1.807) is 0 Å². The Morgan fingerprint density at radius 2 is 2.13 bits per heavy atom. The van der Waals surface area contributed by atoms with Crippen LogP contribution in [-0.4, -0.2) is 36.9 Å². The van der Waals surface area contributed by atoms with E-state index in [1.165, 1.54) is 0 Å². The number of hydrogen-bond acceptors (Lipinski definition) is 4. The molecule has 23 heavy (non-hydrogen) atoms. The maximum absolute atomic E-state index is 12.5. The van der Waals surface area contributed by atoms with Crippen LogP contribution in [0.15, 0.2) is 18.2 Å². The zero-order valence-corrected chi connectivity index (χ0v) is 16.8. The minimum atomic E-state index is -0.505. The predicted molar refractivity (Wildman–Crippen MR) is 103 cm³/mol. The molecule has 1 aromatic carbocycles. The molecule has 4 nitrogen and oxygen atoms in total. The van der Waals surface area contributed by atoms with Crippen LogP contribution in [0.4, 0.5) is 5.69 Å². The molecule has 1 unspecified atom stereocenters. The topological polar surface area (TPSA) is 49.8 Å². The van der Waals surface area contributed by atoms with Crippen LogP contribution >= 0.6 is 34.2 Å². The Bertz CT molecular complexity index is 511. The van der Waals surface area contributed by atoms with Gasteiger partial charge in [-0.05, 0) is 53.1 Å². The summed E-state index contributed by atoms with van der Waals surface area (Å²) < 4.78 is 6.36. The van der Waals surface area contributed by atoms with E-state index in [0.717, 1.165) is 15.7 Å². The number of rotatable bonds is 9. The summed E-state index contributed by atoms with van der Waals surface area (Å²) in [5.41, 5.74) is 0.872. The number of nitrogens with zero attached hydrogens (tertiary/aromatic N) is 1. The van der Waals surface area contributed by atoms with E-state index in [1.807, 2.05) is 36.9 Å². The Balaban J connectivity index is 3.04. The molecule has 6 heteroatoms. The van der Waals surface area contributed by atoms with Gasteiger partial charge in [-0.25, -0.2) is 4.79 Å². The minimum absolute atomic E-state index is 0.0697. The number of hydrogen-bond donors (Lipinski definition) is 1. The van der Waals surface area contributed by atoms with E-state index in [-0.39, 0.29) is 18.5 Å². The first-order valence-electron chi connectivity index (χ1n) is 7.89. The molecule has 0 saturated carbocycles. The highest BCUT2D eigenvalue weighted by Crippen LogP contribution is 2.27. The standard InChI is InChI=1S/C17H25ClINO3/c1-4-8-20(13-5-6-15(19)14(18)10-13)16(7-9-21)17(22)23-11-12(2)3/h5-6,10,12,16,21H,4,7-9,11H2,1-3H3. The summed E-state index contributed by atoms with van der Waals surface area (Å²) in [4.78, 5) is 14.4. The molecule has 0 fully saturated rings. The second kappa shape index (κ2) is 10.4. The van der Waals surface area contributed by atoms with Crippen molar-refractivity contribution in [1.82, 2.24) is 0 Å². The smallest absolute Gasteiger partial charge is 0.328 e. The first-order chi connectivity index (χ1) is 10.9. The van der Waals surface area contributed by atoms with Crippen LogP contribution in [-0.2, 0) is 9.53 Å². The highest BCUT2D eigenvalue weighted by atomic mass is 127. The van der Waals surface area contributed by atoms with Gasteiger partial charge in [0, 0.05) is 28.8 Å². The number of esters is 1. The van der Waals surface area contributed by atoms with Gasteiger partial charge in [-0.3, -0.25) is 0 Å². The number of ether oxygens (including phenoxy) is 1. The van der Waals surface area contributed by atoms with Gasteiger partial charge in [0.05, 0.1) is 11.6 Å². The molecule has 0 saturated heterocycles. The van der Waals surface area contributed by atoms with E-state index in [4.69, 9.17) is 16.3 Å². The van der Waals surface area contributed by atoms with Crippen LogP contribution in [0.25, 0.3) is 0 Å². The summed E-state index contributed by atoms with van der Waals surface area (Å²) in [6, 6.07) is 5.23. The summed E-state index contributed by atoms with van der Waals surface area (Å²) in [6.45, 7) is 7.05. The van der Waals surface area contributed by atoms with Crippen molar-refractivity contribution in [3.05, 3.63) is 26.8 Å². The molecular weight excluding hydrogens is 429 g/mol. The summed E-state index contributed by atoms with van der Waals surface area (Å²) >= 11 is 8.39. The summed E-state index contributed by atoms with van der Waals surface area (Å²) in [7, 11) is 0. The molecule has 0 aromatic heterocycles. The fourth-order valence-electron chi connectivity index (χ4n) is 2.24.